The Balaban J connectivity index is 1.72. The predicted molar refractivity (Wildman–Crippen MR) is 178 cm³/mol. The number of nitrogens with two attached hydrogens (primary N) is 1. The van der Waals surface area contributed by atoms with Crippen LogP contribution in [0.5, 0.6) is 5.75 Å². The van der Waals surface area contributed by atoms with Crippen LogP contribution in [0.25, 0.3) is 5.52 Å². The molecule has 4 rings (SSSR count). The molecule has 0 bridgehead atoms. The molecule has 3 aromatic rings. The number of benzene rings is 1. The molecular formula is C33H43N6O10P. The van der Waals surface area contributed by atoms with E-state index in [2.05, 4.69) is 15.2 Å². The molecule has 3 heterocycles. The van der Waals surface area contributed by atoms with Crippen molar-refractivity contribution in [1.29, 1.82) is 5.26 Å². The number of fused-ring (bicyclic) bond motifs is 1. The Morgan fingerprint density at radius 2 is 1.76 bits per heavy atom. The topological polar surface area (TPSA) is 216 Å². The van der Waals surface area contributed by atoms with Gasteiger partial charge in [-0.2, -0.15) is 15.4 Å². The molecule has 270 valence electrons. The first-order chi connectivity index (χ1) is 23.9. The molecule has 16 nitrogen and oxygen atoms in total. The summed E-state index contributed by atoms with van der Waals surface area (Å²) >= 11 is 0. The lowest BCUT2D eigenvalue weighted by atomic mass is 9.95. The van der Waals surface area contributed by atoms with Crippen LogP contribution in [0.1, 0.15) is 72.1 Å². The fraction of sp³-hybridized carbons (Fsp3) is 0.515. The predicted octanol–water partition coefficient (Wildman–Crippen LogP) is 4.45. The molecule has 0 spiro atoms. The number of carbonyl (C=O) groups is 3. The lowest BCUT2D eigenvalue weighted by Crippen LogP contribution is -2.49. The first-order valence-corrected chi connectivity index (χ1v) is 18.0. The second kappa shape index (κ2) is 16.9. The van der Waals surface area contributed by atoms with Crippen LogP contribution < -0.4 is 15.3 Å². The molecule has 1 unspecified atom stereocenters. The first-order valence-electron chi connectivity index (χ1n) is 16.4. The van der Waals surface area contributed by atoms with Crippen molar-refractivity contribution in [2.45, 2.75) is 90.3 Å². The minimum Gasteiger partial charge on any atom is -0.464 e. The number of hydrogen-bond donors (Lipinski definition) is 2. The van der Waals surface area contributed by atoms with E-state index in [1.807, 2.05) is 19.9 Å². The molecule has 0 radical (unpaired) electrons. The van der Waals surface area contributed by atoms with Crippen LogP contribution >= 0.6 is 7.75 Å². The lowest BCUT2D eigenvalue weighted by Gasteiger charge is -2.30. The van der Waals surface area contributed by atoms with E-state index >= 15 is 0 Å². The number of aromatic nitrogens is 3. The normalized spacial score (nSPS) is 22.0. The van der Waals surface area contributed by atoms with Gasteiger partial charge in [-0.3, -0.25) is 18.9 Å². The molecule has 3 N–H and O–H groups in total. The molecule has 50 heavy (non-hydrogen) atoms. The van der Waals surface area contributed by atoms with Gasteiger partial charge in [0.25, 0.3) is 0 Å². The van der Waals surface area contributed by atoms with Gasteiger partial charge in [0.15, 0.2) is 18.0 Å². The highest BCUT2D eigenvalue weighted by Crippen LogP contribution is 2.50. The van der Waals surface area contributed by atoms with Gasteiger partial charge in [-0.1, -0.05) is 58.7 Å². The smallest absolute Gasteiger partial charge is 0.459 e. The van der Waals surface area contributed by atoms with Gasteiger partial charge in [-0.25, -0.2) is 14.1 Å². The van der Waals surface area contributed by atoms with Crippen molar-refractivity contribution in [2.24, 2.45) is 5.92 Å². The summed E-state index contributed by atoms with van der Waals surface area (Å²) in [6, 6.07) is 12.1. The Morgan fingerprint density at radius 1 is 1.08 bits per heavy atom. The van der Waals surface area contributed by atoms with Crippen molar-refractivity contribution in [3.63, 3.8) is 0 Å². The number of carbonyl (C=O) groups excluding carboxylic acids is 3. The molecule has 0 aliphatic carbocycles. The largest absolute Gasteiger partial charge is 0.464 e. The zero-order chi connectivity index (χ0) is 36.5. The molecule has 2 aromatic heterocycles. The molecule has 1 aromatic carbocycles. The summed E-state index contributed by atoms with van der Waals surface area (Å²) in [6.45, 7) is 7.85. The maximum atomic E-state index is 14.4. The van der Waals surface area contributed by atoms with Gasteiger partial charge in [-0.05, 0) is 37.1 Å². The third-order valence-electron chi connectivity index (χ3n) is 8.23. The summed E-state index contributed by atoms with van der Waals surface area (Å²) in [5.41, 5.74) is 4.49. The first kappa shape index (κ1) is 38.3. The summed E-state index contributed by atoms with van der Waals surface area (Å²) in [6.07, 6.45) is -1.56. The maximum Gasteiger partial charge on any atom is 0.459 e. The van der Waals surface area contributed by atoms with Gasteiger partial charge in [-0.15, -0.1) is 0 Å². The summed E-state index contributed by atoms with van der Waals surface area (Å²) < 4.78 is 50.8. The Labute approximate surface area is 290 Å². The minimum absolute atomic E-state index is 0.0486. The second-order valence-electron chi connectivity index (χ2n) is 11.7. The van der Waals surface area contributed by atoms with Crippen molar-refractivity contribution in [3.8, 4) is 11.8 Å². The zero-order valence-corrected chi connectivity index (χ0v) is 29.5. The molecular weight excluding hydrogens is 671 g/mol. The van der Waals surface area contributed by atoms with Gasteiger partial charge >= 0.3 is 25.7 Å². The molecule has 0 saturated carbocycles. The van der Waals surface area contributed by atoms with Gasteiger partial charge in [0.1, 0.15) is 42.4 Å². The number of esters is 3. The van der Waals surface area contributed by atoms with Crippen LogP contribution in [-0.2, 0) is 42.4 Å². The number of hydrogen-bond acceptors (Lipinski definition) is 14. The number of nitrogen functional groups attached to an aromatic ring is 1. The van der Waals surface area contributed by atoms with Gasteiger partial charge in [0, 0.05) is 12.8 Å². The van der Waals surface area contributed by atoms with E-state index in [1.165, 1.54) is 29.9 Å². The van der Waals surface area contributed by atoms with E-state index in [9.17, 15) is 24.2 Å². The summed E-state index contributed by atoms with van der Waals surface area (Å²) in [7, 11) is -4.54. The van der Waals surface area contributed by atoms with Crippen molar-refractivity contribution < 1.29 is 46.9 Å². The Bertz CT molecular complexity index is 1730. The summed E-state index contributed by atoms with van der Waals surface area (Å²) in [4.78, 5) is 42.5. The van der Waals surface area contributed by atoms with Crippen LogP contribution in [-0.4, -0.2) is 69.6 Å². The number of nitrogens with zero attached hydrogens (tertiary/aromatic N) is 4. The molecule has 1 saturated heterocycles. The quantitative estimate of drug-likeness (QED) is 0.112. The fourth-order valence-corrected chi connectivity index (χ4v) is 6.74. The molecule has 1 fully saturated rings. The van der Waals surface area contributed by atoms with Gasteiger partial charge in [0.2, 0.25) is 5.60 Å². The van der Waals surface area contributed by atoms with Crippen LogP contribution in [0.15, 0.2) is 48.8 Å². The van der Waals surface area contributed by atoms with E-state index in [1.54, 1.807) is 44.2 Å². The van der Waals surface area contributed by atoms with Crippen LogP contribution in [0, 0.1) is 17.2 Å². The SMILES string of the molecule is CCC(=O)O[C@H]1[C@H](c2ccc3c(N)ncnn23)O[C@](C#N)(COP(=O)(N[C@@H](C)C(=O)OCC(CC)CC)Oc2ccccc2)[C@H]1OC(=O)CC. The fourth-order valence-electron chi connectivity index (χ4n) is 5.22. The number of rotatable bonds is 17. The van der Waals surface area contributed by atoms with E-state index in [4.69, 9.17) is 33.7 Å². The number of nitriles is 1. The van der Waals surface area contributed by atoms with Gasteiger partial charge in [0.05, 0.1) is 12.3 Å². The van der Waals surface area contributed by atoms with Crippen LogP contribution in [0.2, 0.25) is 0 Å². The van der Waals surface area contributed by atoms with Crippen molar-refractivity contribution in [2.75, 3.05) is 18.9 Å². The lowest BCUT2D eigenvalue weighted by molar-refractivity contribution is -0.169. The van der Waals surface area contributed by atoms with E-state index < -0.39 is 62.2 Å². The molecule has 6 atom stereocenters. The Morgan fingerprint density at radius 3 is 2.40 bits per heavy atom. The molecule has 17 heteroatoms. The van der Waals surface area contributed by atoms with Crippen molar-refractivity contribution >= 4 is 37.0 Å². The van der Waals surface area contributed by atoms with E-state index in [0.717, 1.165) is 12.8 Å². The van der Waals surface area contributed by atoms with Crippen molar-refractivity contribution in [3.05, 3.63) is 54.5 Å². The molecule has 1 aliphatic rings. The number of para-hydroxylation sites is 1. The highest BCUT2D eigenvalue weighted by molar-refractivity contribution is 7.52. The third-order valence-corrected chi connectivity index (χ3v) is 9.85. The minimum atomic E-state index is -4.54. The molecule has 0 amide bonds. The second-order valence-corrected chi connectivity index (χ2v) is 13.3. The number of ether oxygens (including phenoxy) is 4. The molecule has 1 aliphatic heterocycles. The van der Waals surface area contributed by atoms with Crippen molar-refractivity contribution in [1.82, 2.24) is 19.7 Å². The Kier molecular flexibility index (Phi) is 12.9. The number of anilines is 1. The van der Waals surface area contributed by atoms with Crippen LogP contribution in [0.3, 0.4) is 0 Å². The van der Waals surface area contributed by atoms with Crippen LogP contribution in [0.4, 0.5) is 5.82 Å². The third kappa shape index (κ3) is 8.78. The highest BCUT2D eigenvalue weighted by atomic mass is 31.2. The standard InChI is InChI=1S/C33H43N6O10P/c1-6-22(7-2)17-44-32(42)21(5)38-50(43,49-23-13-11-10-12-14-23)45-19-33(18-34)30(47-27(41)9-4)29(46-26(40)8-3)28(48-33)24-15-16-25-31(35)36-20-37-39(24)25/h10-16,20-22,28-30H,6-9,17,19H2,1-5H3,(H,38,43)(H2,35,36,37)/t21-,28-,29-,30-,33+,50?/m0/s1. The monoisotopic (exact) mass is 714 g/mol. The highest BCUT2D eigenvalue weighted by Gasteiger charge is 2.62. The average molecular weight is 715 g/mol. The average Bonchev–Trinajstić information content (AvgIpc) is 3.68. The summed E-state index contributed by atoms with van der Waals surface area (Å²) in [5.74, 6) is -1.70. The summed E-state index contributed by atoms with van der Waals surface area (Å²) in [5, 5.41) is 17.6. The van der Waals surface area contributed by atoms with Gasteiger partial charge < -0.3 is 29.2 Å². The zero-order valence-electron chi connectivity index (χ0n) is 28.6. The number of nitrogens with one attached hydrogen (secondary N) is 1. The maximum absolute atomic E-state index is 14.4. The Hall–Kier alpha value is -4.55. The van der Waals surface area contributed by atoms with E-state index in [0.29, 0.717) is 5.52 Å². The van der Waals surface area contributed by atoms with E-state index in [-0.39, 0.29) is 42.6 Å².